The molecule has 8 nitrogen and oxygen atoms in total. The molecule has 2 aliphatic carbocycles. The van der Waals surface area contributed by atoms with Crippen LogP contribution in [0.5, 0.6) is 0 Å². The normalized spacial score (nSPS) is 18.1. The molecule has 1 amide bonds. The van der Waals surface area contributed by atoms with Crippen molar-refractivity contribution in [2.45, 2.75) is 77.0 Å². The van der Waals surface area contributed by atoms with Gasteiger partial charge in [-0.1, -0.05) is 29.4 Å². The Morgan fingerprint density at radius 1 is 1.03 bits per heavy atom. The van der Waals surface area contributed by atoms with Crippen LogP contribution in [0.3, 0.4) is 0 Å². The first-order valence-corrected chi connectivity index (χ1v) is 11.8. The summed E-state index contributed by atoms with van der Waals surface area (Å²) >= 11 is 0. The first-order valence-electron chi connectivity index (χ1n) is 11.8. The van der Waals surface area contributed by atoms with Gasteiger partial charge < -0.3 is 10.1 Å². The average molecular weight is 471 g/mol. The molecule has 0 aromatic heterocycles. The van der Waals surface area contributed by atoms with Crippen LogP contribution in [0.25, 0.3) is 10.4 Å². The lowest BCUT2D eigenvalue weighted by atomic mass is 9.85. The number of hydrogen-bond acceptors (Lipinski definition) is 5. The van der Waals surface area contributed by atoms with E-state index >= 15 is 0 Å². The number of amides is 1. The third-order valence-electron chi connectivity index (χ3n) is 6.11. The maximum atomic E-state index is 11.9. The fourth-order valence-corrected chi connectivity index (χ4v) is 4.66. The maximum absolute atomic E-state index is 11.9. The van der Waals surface area contributed by atoms with Gasteiger partial charge in [0, 0.05) is 4.91 Å². The van der Waals surface area contributed by atoms with Crippen LogP contribution in [-0.4, -0.2) is 11.7 Å². The van der Waals surface area contributed by atoms with Crippen LogP contribution in [0.4, 0.5) is 4.79 Å². The predicted octanol–water partition coefficient (Wildman–Crippen LogP) is 6.71. The van der Waals surface area contributed by atoms with E-state index in [4.69, 9.17) is 20.8 Å². The largest absolute Gasteiger partial charge is 0.444 e. The number of rotatable bonds is 2. The summed E-state index contributed by atoms with van der Waals surface area (Å²) in [6, 6.07) is 15.5. The van der Waals surface area contributed by atoms with Gasteiger partial charge in [-0.2, -0.15) is 10.5 Å². The number of carbonyl (C=O) groups excluding carboxylic acids is 1. The number of nitrogens with zero attached hydrogens (tertiary/aromatic N) is 5. The number of alkyl carbamates (subject to hydrolysis) is 1. The minimum atomic E-state index is -0.504. The molecule has 0 bridgehead atoms. The standard InChI is InChI=1S/C16H20N2O2.C11H10N4/c1-16(2,3)20-15(19)18-14-9-5-7-12-11(10-17)6-4-8-13(12)14;12-7-8-3-1-5-10-9(8)4-2-6-11(10)14-15-13/h4,6,8,14H,5,7,9H2,1-3H3,(H,18,19);1,3,5,11H,2,4,6H2/t14-;11-/m00/s1. The van der Waals surface area contributed by atoms with Crippen molar-refractivity contribution in [3.05, 3.63) is 80.2 Å². The molecule has 2 aromatic rings. The van der Waals surface area contributed by atoms with Crippen LogP contribution in [0.1, 0.15) is 91.9 Å². The molecule has 0 heterocycles. The molecule has 35 heavy (non-hydrogen) atoms. The summed E-state index contributed by atoms with van der Waals surface area (Å²) in [6.07, 6.45) is 5.11. The zero-order valence-corrected chi connectivity index (χ0v) is 20.4. The smallest absolute Gasteiger partial charge is 0.408 e. The van der Waals surface area contributed by atoms with E-state index in [2.05, 4.69) is 27.5 Å². The van der Waals surface area contributed by atoms with Crippen molar-refractivity contribution in [3.8, 4) is 12.1 Å². The van der Waals surface area contributed by atoms with Crippen molar-refractivity contribution in [2.75, 3.05) is 0 Å². The van der Waals surface area contributed by atoms with E-state index in [1.807, 2.05) is 57.2 Å². The SMILES string of the molecule is CC(C)(C)OC(=O)N[C@H]1CCCc2c(C#N)cccc21.N#Cc1cccc2c1CCC[C@@H]2N=[N+]=[N-]. The van der Waals surface area contributed by atoms with Gasteiger partial charge in [0.2, 0.25) is 0 Å². The highest BCUT2D eigenvalue weighted by molar-refractivity contribution is 5.68. The molecule has 1 N–H and O–H groups in total. The minimum Gasteiger partial charge on any atom is -0.444 e. The van der Waals surface area contributed by atoms with Gasteiger partial charge in [-0.3, -0.25) is 0 Å². The molecule has 0 aliphatic heterocycles. The van der Waals surface area contributed by atoms with E-state index < -0.39 is 11.7 Å². The molecule has 0 spiro atoms. The highest BCUT2D eigenvalue weighted by atomic mass is 16.6. The van der Waals surface area contributed by atoms with Crippen LogP contribution < -0.4 is 5.32 Å². The molecule has 2 aromatic carbocycles. The van der Waals surface area contributed by atoms with E-state index in [9.17, 15) is 4.79 Å². The summed E-state index contributed by atoms with van der Waals surface area (Å²) in [6.45, 7) is 5.53. The molecule has 0 unspecified atom stereocenters. The van der Waals surface area contributed by atoms with Crippen molar-refractivity contribution in [2.24, 2.45) is 5.11 Å². The van der Waals surface area contributed by atoms with E-state index in [0.29, 0.717) is 11.1 Å². The number of ether oxygens (including phenoxy) is 1. The Kier molecular flexibility index (Phi) is 8.36. The Balaban J connectivity index is 0.000000203. The summed E-state index contributed by atoms with van der Waals surface area (Å²) in [4.78, 5) is 14.7. The second-order valence-corrected chi connectivity index (χ2v) is 9.67. The van der Waals surface area contributed by atoms with Crippen molar-refractivity contribution in [1.82, 2.24) is 5.32 Å². The molecule has 0 saturated heterocycles. The van der Waals surface area contributed by atoms with E-state index in [-0.39, 0.29) is 12.1 Å². The van der Waals surface area contributed by atoms with Gasteiger partial charge in [0.05, 0.1) is 35.3 Å². The molecule has 0 fully saturated rings. The lowest BCUT2D eigenvalue weighted by molar-refractivity contribution is 0.0498. The first kappa shape index (κ1) is 25.6. The Morgan fingerprint density at radius 3 is 2.17 bits per heavy atom. The highest BCUT2D eigenvalue weighted by Crippen LogP contribution is 2.34. The molecule has 2 atom stereocenters. The van der Waals surface area contributed by atoms with Gasteiger partial charge in [0.25, 0.3) is 0 Å². The second kappa shape index (κ2) is 11.4. The first-order chi connectivity index (χ1) is 16.8. The third kappa shape index (κ3) is 6.53. The molecule has 180 valence electrons. The predicted molar refractivity (Wildman–Crippen MR) is 132 cm³/mol. The van der Waals surface area contributed by atoms with Gasteiger partial charge in [-0.15, -0.1) is 0 Å². The monoisotopic (exact) mass is 470 g/mol. The van der Waals surface area contributed by atoms with Crippen LogP contribution in [0, 0.1) is 22.7 Å². The minimum absolute atomic E-state index is 0.0677. The van der Waals surface area contributed by atoms with Gasteiger partial charge in [0.1, 0.15) is 5.60 Å². The Bertz CT molecular complexity index is 1210. The van der Waals surface area contributed by atoms with E-state index in [1.54, 1.807) is 0 Å². The molecule has 4 rings (SSSR count). The molecular weight excluding hydrogens is 440 g/mol. The zero-order valence-electron chi connectivity index (χ0n) is 20.4. The molecule has 2 aliphatic rings. The molecule has 0 saturated carbocycles. The number of nitrogens with one attached hydrogen (secondary N) is 1. The quantitative estimate of drug-likeness (QED) is 0.296. The van der Waals surface area contributed by atoms with Gasteiger partial charge >= 0.3 is 6.09 Å². The Labute approximate surface area is 206 Å². The molecule has 8 heteroatoms. The van der Waals surface area contributed by atoms with Gasteiger partial charge in [0.15, 0.2) is 0 Å². The summed E-state index contributed by atoms with van der Waals surface area (Å²) in [5, 5.41) is 24.8. The maximum Gasteiger partial charge on any atom is 0.408 e. The van der Waals surface area contributed by atoms with Crippen molar-refractivity contribution < 1.29 is 9.53 Å². The number of carbonyl (C=O) groups is 1. The summed E-state index contributed by atoms with van der Waals surface area (Å²) in [7, 11) is 0. The number of fused-ring (bicyclic) bond motifs is 2. The fourth-order valence-electron chi connectivity index (χ4n) is 4.66. The van der Waals surface area contributed by atoms with Crippen molar-refractivity contribution in [1.29, 1.82) is 10.5 Å². The van der Waals surface area contributed by atoms with Gasteiger partial charge in [-0.05, 0) is 99.2 Å². The van der Waals surface area contributed by atoms with E-state index in [1.165, 1.54) is 0 Å². The zero-order chi connectivity index (χ0) is 25.4. The van der Waals surface area contributed by atoms with E-state index in [0.717, 1.165) is 60.8 Å². The average Bonchev–Trinajstić information content (AvgIpc) is 2.83. The summed E-state index contributed by atoms with van der Waals surface area (Å²) in [5.41, 5.74) is 13.6. The number of nitriles is 2. The topological polar surface area (TPSA) is 135 Å². The van der Waals surface area contributed by atoms with Crippen LogP contribution in [0.15, 0.2) is 41.5 Å². The fraction of sp³-hybridized carbons (Fsp3) is 0.444. The summed E-state index contributed by atoms with van der Waals surface area (Å²) < 4.78 is 5.30. The molecule has 0 radical (unpaired) electrons. The van der Waals surface area contributed by atoms with Crippen molar-refractivity contribution in [3.63, 3.8) is 0 Å². The van der Waals surface area contributed by atoms with Crippen LogP contribution in [-0.2, 0) is 17.6 Å². The van der Waals surface area contributed by atoms with Crippen LogP contribution in [0.2, 0.25) is 0 Å². The Hall–Kier alpha value is -4.00. The van der Waals surface area contributed by atoms with Crippen molar-refractivity contribution >= 4 is 6.09 Å². The van der Waals surface area contributed by atoms with Gasteiger partial charge in [-0.25, -0.2) is 4.79 Å². The second-order valence-electron chi connectivity index (χ2n) is 9.67. The highest BCUT2D eigenvalue weighted by Gasteiger charge is 2.26. The Morgan fingerprint density at radius 2 is 1.60 bits per heavy atom. The molecular formula is C27H30N6O2. The number of benzene rings is 2. The summed E-state index contributed by atoms with van der Waals surface area (Å²) in [5.74, 6) is 0. The lowest BCUT2D eigenvalue weighted by Crippen LogP contribution is -2.36. The lowest BCUT2D eigenvalue weighted by Gasteiger charge is -2.28. The number of hydrogen-bond donors (Lipinski definition) is 1. The third-order valence-corrected chi connectivity index (χ3v) is 6.11. The number of azide groups is 1. The van der Waals surface area contributed by atoms with Crippen LogP contribution >= 0.6 is 0 Å².